The molecule has 0 aliphatic carbocycles. The molecule has 1 saturated heterocycles. The first-order valence-corrected chi connectivity index (χ1v) is 7.49. The number of benzene rings is 1. The zero-order valence-electron chi connectivity index (χ0n) is 11.5. The predicted octanol–water partition coefficient (Wildman–Crippen LogP) is 2.72. The number of nitrogens with zero attached hydrogens (tertiary/aromatic N) is 1. The van der Waals surface area contributed by atoms with Gasteiger partial charge in [0.15, 0.2) is 0 Å². The number of halogens is 1. The average Bonchev–Trinajstić information content (AvgIpc) is 2.35. The van der Waals surface area contributed by atoms with Crippen molar-refractivity contribution >= 4 is 21.8 Å². The molecule has 1 unspecified atom stereocenters. The fourth-order valence-corrected chi connectivity index (χ4v) is 3.01. The SMILES string of the molecule is CC1(C)CCC(N)CN1C(=O)Cc1ccccc1Br. The Balaban J connectivity index is 2.13. The maximum Gasteiger partial charge on any atom is 0.227 e. The summed E-state index contributed by atoms with van der Waals surface area (Å²) in [4.78, 5) is 14.5. The largest absolute Gasteiger partial charge is 0.336 e. The van der Waals surface area contributed by atoms with E-state index < -0.39 is 0 Å². The molecule has 0 spiro atoms. The molecule has 104 valence electrons. The molecule has 3 nitrogen and oxygen atoms in total. The normalized spacial score (nSPS) is 22.3. The molecular weight excluding hydrogens is 304 g/mol. The van der Waals surface area contributed by atoms with E-state index in [2.05, 4.69) is 29.8 Å². The standard InChI is InChI=1S/C15H21BrN2O/c1-15(2)8-7-12(17)10-18(15)14(19)9-11-5-3-4-6-13(11)16/h3-6,12H,7-10,17H2,1-2H3. The molecule has 2 N–H and O–H groups in total. The summed E-state index contributed by atoms with van der Waals surface area (Å²) < 4.78 is 0.988. The quantitative estimate of drug-likeness (QED) is 0.909. The van der Waals surface area contributed by atoms with Crippen LogP contribution in [0.15, 0.2) is 28.7 Å². The van der Waals surface area contributed by atoms with Gasteiger partial charge in [0.05, 0.1) is 6.42 Å². The Labute approximate surface area is 123 Å². The van der Waals surface area contributed by atoms with Crippen LogP contribution in [0.4, 0.5) is 0 Å². The molecular formula is C15H21BrN2O. The van der Waals surface area contributed by atoms with Crippen molar-refractivity contribution in [2.45, 2.75) is 44.7 Å². The summed E-state index contributed by atoms with van der Waals surface area (Å²) in [7, 11) is 0. The Morgan fingerprint density at radius 3 is 2.84 bits per heavy atom. The second kappa shape index (κ2) is 5.63. The summed E-state index contributed by atoms with van der Waals surface area (Å²) in [5.41, 5.74) is 6.95. The number of rotatable bonds is 2. The highest BCUT2D eigenvalue weighted by molar-refractivity contribution is 9.10. The molecule has 1 heterocycles. The van der Waals surface area contributed by atoms with Gasteiger partial charge in [0.25, 0.3) is 0 Å². The number of hydrogen-bond acceptors (Lipinski definition) is 2. The summed E-state index contributed by atoms with van der Waals surface area (Å²) in [6.07, 6.45) is 2.39. The minimum atomic E-state index is -0.0891. The van der Waals surface area contributed by atoms with Crippen molar-refractivity contribution in [2.24, 2.45) is 5.73 Å². The maximum atomic E-state index is 12.5. The van der Waals surface area contributed by atoms with E-state index >= 15 is 0 Å². The molecule has 0 bridgehead atoms. The molecule has 0 saturated carbocycles. The van der Waals surface area contributed by atoms with Crippen LogP contribution in [0.2, 0.25) is 0 Å². The topological polar surface area (TPSA) is 46.3 Å². The van der Waals surface area contributed by atoms with Crippen LogP contribution in [0, 0.1) is 0 Å². The van der Waals surface area contributed by atoms with Crippen molar-refractivity contribution in [1.82, 2.24) is 4.90 Å². The van der Waals surface area contributed by atoms with E-state index in [-0.39, 0.29) is 17.5 Å². The lowest BCUT2D eigenvalue weighted by molar-refractivity contribution is -0.138. The van der Waals surface area contributed by atoms with Crippen molar-refractivity contribution in [2.75, 3.05) is 6.54 Å². The predicted molar refractivity (Wildman–Crippen MR) is 80.8 cm³/mol. The highest BCUT2D eigenvalue weighted by Crippen LogP contribution is 2.28. The van der Waals surface area contributed by atoms with Crippen molar-refractivity contribution in [3.63, 3.8) is 0 Å². The van der Waals surface area contributed by atoms with Gasteiger partial charge in [-0.15, -0.1) is 0 Å². The first kappa shape index (κ1) is 14.5. The van der Waals surface area contributed by atoms with Crippen molar-refractivity contribution < 1.29 is 4.79 Å². The summed E-state index contributed by atoms with van der Waals surface area (Å²) >= 11 is 3.49. The first-order valence-electron chi connectivity index (χ1n) is 6.69. The zero-order chi connectivity index (χ0) is 14.0. The van der Waals surface area contributed by atoms with E-state index in [4.69, 9.17) is 5.73 Å². The minimum absolute atomic E-state index is 0.0891. The number of piperidine rings is 1. The van der Waals surface area contributed by atoms with E-state index in [1.54, 1.807) is 0 Å². The number of hydrogen-bond donors (Lipinski definition) is 1. The zero-order valence-corrected chi connectivity index (χ0v) is 13.1. The van der Waals surface area contributed by atoms with E-state index in [0.29, 0.717) is 13.0 Å². The molecule has 1 fully saturated rings. The van der Waals surface area contributed by atoms with E-state index in [0.717, 1.165) is 22.9 Å². The summed E-state index contributed by atoms with van der Waals surface area (Å²) in [5.74, 6) is 0.159. The van der Waals surface area contributed by atoms with Crippen LogP contribution in [-0.2, 0) is 11.2 Å². The number of nitrogens with two attached hydrogens (primary N) is 1. The molecule has 1 aromatic rings. The molecule has 1 aliphatic heterocycles. The Kier molecular flexibility index (Phi) is 4.31. The molecule has 0 aromatic heterocycles. The fraction of sp³-hybridized carbons (Fsp3) is 0.533. The Morgan fingerprint density at radius 2 is 2.16 bits per heavy atom. The second-order valence-corrected chi connectivity index (χ2v) is 6.74. The van der Waals surface area contributed by atoms with Gasteiger partial charge in [0.2, 0.25) is 5.91 Å². The van der Waals surface area contributed by atoms with Gasteiger partial charge in [-0.2, -0.15) is 0 Å². The van der Waals surface area contributed by atoms with Gasteiger partial charge in [0.1, 0.15) is 0 Å². The van der Waals surface area contributed by atoms with Crippen LogP contribution in [0.3, 0.4) is 0 Å². The van der Waals surface area contributed by atoms with Gasteiger partial charge in [-0.3, -0.25) is 4.79 Å². The van der Waals surface area contributed by atoms with E-state index in [1.165, 1.54) is 0 Å². The van der Waals surface area contributed by atoms with Crippen LogP contribution in [0.25, 0.3) is 0 Å². The summed E-state index contributed by atoms with van der Waals surface area (Å²) in [5, 5.41) is 0. The van der Waals surface area contributed by atoms with Crippen molar-refractivity contribution in [3.8, 4) is 0 Å². The molecule has 1 aliphatic rings. The smallest absolute Gasteiger partial charge is 0.227 e. The van der Waals surface area contributed by atoms with Gasteiger partial charge in [0, 0.05) is 22.6 Å². The molecule has 0 radical (unpaired) electrons. The molecule has 1 aromatic carbocycles. The van der Waals surface area contributed by atoms with Crippen LogP contribution in [0.5, 0.6) is 0 Å². The third kappa shape index (κ3) is 3.37. The third-order valence-electron chi connectivity index (χ3n) is 3.88. The Hall–Kier alpha value is -0.870. The van der Waals surface area contributed by atoms with E-state index in [9.17, 15) is 4.79 Å². The summed E-state index contributed by atoms with van der Waals surface area (Å²) in [6, 6.07) is 7.98. The van der Waals surface area contributed by atoms with Crippen LogP contribution in [-0.4, -0.2) is 28.9 Å². The van der Waals surface area contributed by atoms with Gasteiger partial charge >= 0.3 is 0 Å². The van der Waals surface area contributed by atoms with Crippen LogP contribution in [0.1, 0.15) is 32.3 Å². The lowest BCUT2D eigenvalue weighted by Gasteiger charge is -2.45. The average molecular weight is 325 g/mol. The number of amides is 1. The molecule has 2 rings (SSSR count). The highest BCUT2D eigenvalue weighted by Gasteiger charge is 2.35. The van der Waals surface area contributed by atoms with E-state index in [1.807, 2.05) is 29.2 Å². The maximum absolute atomic E-state index is 12.5. The fourth-order valence-electron chi connectivity index (χ4n) is 2.59. The molecule has 19 heavy (non-hydrogen) atoms. The first-order chi connectivity index (χ1) is 8.90. The Morgan fingerprint density at radius 1 is 1.47 bits per heavy atom. The molecule has 1 atom stereocenters. The van der Waals surface area contributed by atoms with Gasteiger partial charge in [-0.05, 0) is 38.3 Å². The van der Waals surface area contributed by atoms with Gasteiger partial charge < -0.3 is 10.6 Å². The molecule has 4 heteroatoms. The Bertz CT molecular complexity index is 473. The number of likely N-dealkylation sites (tertiary alicyclic amines) is 1. The van der Waals surface area contributed by atoms with Crippen molar-refractivity contribution in [3.05, 3.63) is 34.3 Å². The number of carbonyl (C=O) groups is 1. The molecule has 1 amide bonds. The highest BCUT2D eigenvalue weighted by atomic mass is 79.9. The van der Waals surface area contributed by atoms with Crippen molar-refractivity contribution in [1.29, 1.82) is 0 Å². The number of carbonyl (C=O) groups excluding carboxylic acids is 1. The second-order valence-electron chi connectivity index (χ2n) is 5.88. The van der Waals surface area contributed by atoms with Gasteiger partial charge in [-0.1, -0.05) is 34.1 Å². The van der Waals surface area contributed by atoms with Crippen LogP contribution >= 0.6 is 15.9 Å². The monoisotopic (exact) mass is 324 g/mol. The third-order valence-corrected chi connectivity index (χ3v) is 4.65. The van der Waals surface area contributed by atoms with Crippen LogP contribution < -0.4 is 5.73 Å². The lowest BCUT2D eigenvalue weighted by atomic mass is 9.88. The summed E-state index contributed by atoms with van der Waals surface area (Å²) in [6.45, 7) is 4.91. The van der Waals surface area contributed by atoms with Gasteiger partial charge in [-0.25, -0.2) is 0 Å². The lowest BCUT2D eigenvalue weighted by Crippen LogP contribution is -2.57. The minimum Gasteiger partial charge on any atom is -0.336 e.